The Labute approximate surface area is 107 Å². The predicted molar refractivity (Wildman–Crippen MR) is 74.6 cm³/mol. The van der Waals surface area contributed by atoms with Crippen LogP contribution in [0.4, 0.5) is 5.82 Å². The van der Waals surface area contributed by atoms with Gasteiger partial charge in [0.1, 0.15) is 5.82 Å². The molecular formula is C14H17N3O. The molecule has 1 heterocycles. The maximum Gasteiger partial charge on any atom is 0.154 e. The van der Waals surface area contributed by atoms with Crippen molar-refractivity contribution >= 4 is 22.8 Å². The smallest absolute Gasteiger partial charge is 0.154 e. The molecule has 1 aromatic heterocycles. The number of hydrogen-bond acceptors (Lipinski definition) is 4. The van der Waals surface area contributed by atoms with E-state index < -0.39 is 0 Å². The average Bonchev–Trinajstić information content (AvgIpc) is 2.38. The molecule has 0 unspecified atom stereocenters. The molecule has 1 aromatic carbocycles. The maximum absolute atomic E-state index is 9.04. The molecule has 18 heavy (non-hydrogen) atoms. The van der Waals surface area contributed by atoms with Crippen LogP contribution in [0, 0.1) is 0 Å². The largest absolute Gasteiger partial charge is 0.395 e. The van der Waals surface area contributed by atoms with Crippen LogP contribution in [0.3, 0.4) is 0 Å². The van der Waals surface area contributed by atoms with Gasteiger partial charge in [-0.2, -0.15) is 0 Å². The summed E-state index contributed by atoms with van der Waals surface area (Å²) in [6.07, 6.45) is 3.79. The van der Waals surface area contributed by atoms with E-state index in [4.69, 9.17) is 5.11 Å². The van der Waals surface area contributed by atoms with Crippen molar-refractivity contribution in [1.82, 2.24) is 9.97 Å². The van der Waals surface area contributed by atoms with Crippen molar-refractivity contribution in [2.45, 2.75) is 6.92 Å². The topological polar surface area (TPSA) is 49.2 Å². The number of aromatic nitrogens is 2. The van der Waals surface area contributed by atoms with Crippen molar-refractivity contribution in [2.24, 2.45) is 0 Å². The van der Waals surface area contributed by atoms with Crippen LogP contribution in [0.15, 0.2) is 30.3 Å². The van der Waals surface area contributed by atoms with E-state index >= 15 is 0 Å². The molecule has 2 rings (SSSR count). The highest BCUT2D eigenvalue weighted by atomic mass is 16.3. The van der Waals surface area contributed by atoms with Gasteiger partial charge in [0.25, 0.3) is 0 Å². The van der Waals surface area contributed by atoms with Gasteiger partial charge in [-0.1, -0.05) is 18.2 Å². The van der Waals surface area contributed by atoms with Crippen molar-refractivity contribution in [3.8, 4) is 0 Å². The van der Waals surface area contributed by atoms with Crippen LogP contribution < -0.4 is 4.90 Å². The fourth-order valence-corrected chi connectivity index (χ4v) is 1.85. The van der Waals surface area contributed by atoms with Crippen LogP contribution in [0.1, 0.15) is 12.7 Å². The number of rotatable bonds is 4. The van der Waals surface area contributed by atoms with Gasteiger partial charge in [0.05, 0.1) is 12.1 Å². The lowest BCUT2D eigenvalue weighted by Crippen LogP contribution is -2.23. The van der Waals surface area contributed by atoms with E-state index in [0.29, 0.717) is 12.4 Å². The Morgan fingerprint density at radius 3 is 2.78 bits per heavy atom. The summed E-state index contributed by atoms with van der Waals surface area (Å²) in [4.78, 5) is 10.9. The number of nitrogens with zero attached hydrogens (tertiary/aromatic N) is 3. The zero-order valence-corrected chi connectivity index (χ0v) is 10.7. The normalized spacial score (nSPS) is 11.3. The molecule has 0 saturated carbocycles. The standard InChI is InChI=1S/C14H17N3O/c1-3-6-13-15-12-8-5-4-7-11(12)14(16-13)17(2)9-10-18/h3-8,18H,9-10H2,1-2H3/b6-3+. The van der Waals surface area contributed by atoms with E-state index in [9.17, 15) is 0 Å². The summed E-state index contributed by atoms with van der Waals surface area (Å²) in [6, 6.07) is 7.90. The minimum Gasteiger partial charge on any atom is -0.395 e. The summed E-state index contributed by atoms with van der Waals surface area (Å²) in [7, 11) is 1.92. The molecule has 0 atom stereocenters. The average molecular weight is 243 g/mol. The summed E-state index contributed by atoms with van der Waals surface area (Å²) >= 11 is 0. The van der Waals surface area contributed by atoms with Crippen molar-refractivity contribution in [1.29, 1.82) is 0 Å². The second-order valence-corrected chi connectivity index (χ2v) is 4.07. The first-order valence-corrected chi connectivity index (χ1v) is 5.97. The van der Waals surface area contributed by atoms with Crippen LogP contribution in [0.25, 0.3) is 17.0 Å². The number of aliphatic hydroxyl groups is 1. The molecular weight excluding hydrogens is 226 g/mol. The van der Waals surface area contributed by atoms with Crippen LogP contribution in [0.2, 0.25) is 0 Å². The van der Waals surface area contributed by atoms with E-state index in [2.05, 4.69) is 9.97 Å². The molecule has 94 valence electrons. The van der Waals surface area contributed by atoms with Crippen molar-refractivity contribution < 1.29 is 5.11 Å². The third-order valence-corrected chi connectivity index (χ3v) is 2.71. The molecule has 0 aliphatic rings. The molecule has 0 aliphatic carbocycles. The minimum atomic E-state index is 0.105. The molecule has 0 saturated heterocycles. The Hall–Kier alpha value is -1.94. The van der Waals surface area contributed by atoms with E-state index in [1.165, 1.54) is 0 Å². The summed E-state index contributed by atoms with van der Waals surface area (Å²) in [6.45, 7) is 2.60. The monoisotopic (exact) mass is 243 g/mol. The molecule has 4 nitrogen and oxygen atoms in total. The molecule has 1 N–H and O–H groups in total. The Morgan fingerprint density at radius 2 is 2.06 bits per heavy atom. The highest BCUT2D eigenvalue weighted by Crippen LogP contribution is 2.23. The quantitative estimate of drug-likeness (QED) is 0.893. The Balaban J connectivity index is 2.60. The van der Waals surface area contributed by atoms with Gasteiger partial charge < -0.3 is 10.0 Å². The van der Waals surface area contributed by atoms with E-state index in [1.54, 1.807) is 0 Å². The van der Waals surface area contributed by atoms with Gasteiger partial charge >= 0.3 is 0 Å². The van der Waals surface area contributed by atoms with E-state index in [-0.39, 0.29) is 6.61 Å². The van der Waals surface area contributed by atoms with Gasteiger partial charge in [-0.15, -0.1) is 0 Å². The lowest BCUT2D eigenvalue weighted by atomic mass is 10.2. The molecule has 0 spiro atoms. The zero-order valence-electron chi connectivity index (χ0n) is 10.7. The first-order chi connectivity index (χ1) is 8.76. The third kappa shape index (κ3) is 2.49. The van der Waals surface area contributed by atoms with Gasteiger partial charge in [-0.25, -0.2) is 9.97 Å². The zero-order chi connectivity index (χ0) is 13.0. The van der Waals surface area contributed by atoms with Gasteiger partial charge in [0.15, 0.2) is 5.82 Å². The number of para-hydroxylation sites is 1. The highest BCUT2D eigenvalue weighted by Gasteiger charge is 2.09. The van der Waals surface area contributed by atoms with Crippen molar-refractivity contribution in [3.05, 3.63) is 36.2 Å². The third-order valence-electron chi connectivity index (χ3n) is 2.71. The summed E-state index contributed by atoms with van der Waals surface area (Å²) in [5.74, 6) is 1.54. The molecule has 0 amide bonds. The van der Waals surface area contributed by atoms with Crippen LogP contribution >= 0.6 is 0 Å². The number of anilines is 1. The number of likely N-dealkylation sites (N-methyl/N-ethyl adjacent to an activating group) is 1. The molecule has 4 heteroatoms. The molecule has 0 radical (unpaired) electrons. The SMILES string of the molecule is C/C=C/c1nc(N(C)CCO)c2ccccc2n1. The lowest BCUT2D eigenvalue weighted by molar-refractivity contribution is 0.304. The van der Waals surface area contributed by atoms with Crippen LogP contribution in [-0.4, -0.2) is 35.3 Å². The van der Waals surface area contributed by atoms with Gasteiger partial charge in [-0.05, 0) is 25.1 Å². The van der Waals surface area contributed by atoms with E-state index in [1.807, 2.05) is 55.3 Å². The van der Waals surface area contributed by atoms with Gasteiger partial charge in [0.2, 0.25) is 0 Å². The fraction of sp³-hybridized carbons (Fsp3) is 0.286. The Morgan fingerprint density at radius 1 is 1.28 bits per heavy atom. The highest BCUT2D eigenvalue weighted by molar-refractivity contribution is 5.90. The second-order valence-electron chi connectivity index (χ2n) is 4.07. The first-order valence-electron chi connectivity index (χ1n) is 5.97. The summed E-state index contributed by atoms with van der Waals surface area (Å²) in [5, 5.41) is 10.0. The molecule has 0 bridgehead atoms. The fourth-order valence-electron chi connectivity index (χ4n) is 1.85. The maximum atomic E-state index is 9.04. The number of fused-ring (bicyclic) bond motifs is 1. The van der Waals surface area contributed by atoms with Crippen molar-refractivity contribution in [2.75, 3.05) is 25.1 Å². The summed E-state index contributed by atoms with van der Waals surface area (Å²) in [5.41, 5.74) is 0.917. The molecule has 0 fully saturated rings. The van der Waals surface area contributed by atoms with Gasteiger partial charge in [0, 0.05) is 19.0 Å². The van der Waals surface area contributed by atoms with Gasteiger partial charge in [-0.3, -0.25) is 0 Å². The molecule has 2 aromatic rings. The number of benzene rings is 1. The Kier molecular flexibility index (Phi) is 3.89. The minimum absolute atomic E-state index is 0.105. The molecule has 0 aliphatic heterocycles. The van der Waals surface area contributed by atoms with Crippen LogP contribution in [0.5, 0.6) is 0 Å². The van der Waals surface area contributed by atoms with Crippen molar-refractivity contribution in [3.63, 3.8) is 0 Å². The summed E-state index contributed by atoms with van der Waals surface area (Å²) < 4.78 is 0. The first kappa shape index (κ1) is 12.5. The number of hydrogen-bond donors (Lipinski definition) is 1. The lowest BCUT2D eigenvalue weighted by Gasteiger charge is -2.18. The predicted octanol–water partition coefficient (Wildman–Crippen LogP) is 2.09. The number of allylic oxidation sites excluding steroid dienone is 1. The Bertz CT molecular complexity index is 566. The number of aliphatic hydroxyl groups excluding tert-OH is 1. The second kappa shape index (κ2) is 5.60. The van der Waals surface area contributed by atoms with Crippen LogP contribution in [-0.2, 0) is 0 Å². The van der Waals surface area contributed by atoms with E-state index in [0.717, 1.165) is 16.7 Å².